The summed E-state index contributed by atoms with van der Waals surface area (Å²) in [6.45, 7) is 7.07. The molecule has 102 valence electrons. The van der Waals surface area contributed by atoms with Crippen LogP contribution in [0.15, 0.2) is 35.2 Å². The Morgan fingerprint density at radius 1 is 1.26 bits per heavy atom. The molecule has 0 aliphatic carbocycles. The fourth-order valence-electron chi connectivity index (χ4n) is 2.35. The van der Waals surface area contributed by atoms with Gasteiger partial charge in [-0.25, -0.2) is 0 Å². The molecule has 0 saturated heterocycles. The summed E-state index contributed by atoms with van der Waals surface area (Å²) in [5.74, 6) is 1.02. The lowest BCUT2D eigenvalue weighted by Crippen LogP contribution is -2.09. The topological polar surface area (TPSA) is 43.8 Å². The van der Waals surface area contributed by atoms with Gasteiger partial charge in [-0.2, -0.15) is 5.10 Å². The van der Waals surface area contributed by atoms with Crippen molar-refractivity contribution in [1.29, 1.82) is 0 Å². The number of nitrogens with two attached hydrogens (primary N) is 1. The van der Waals surface area contributed by atoms with Crippen LogP contribution in [0.1, 0.15) is 29.9 Å². The number of nitrogens with zero attached hydrogens (tertiary/aromatic N) is 2. The number of hydrogen-bond acceptors (Lipinski definition) is 3. The fourth-order valence-corrected chi connectivity index (χ4v) is 3.20. The summed E-state index contributed by atoms with van der Waals surface area (Å²) in [4.78, 5) is 1.30. The van der Waals surface area contributed by atoms with Gasteiger partial charge in [0.1, 0.15) is 0 Å². The zero-order valence-corrected chi connectivity index (χ0v) is 12.6. The molecule has 1 aromatic carbocycles. The largest absolute Gasteiger partial charge is 0.324 e. The number of aromatic nitrogens is 2. The molecule has 2 rings (SSSR count). The molecule has 0 bridgehead atoms. The van der Waals surface area contributed by atoms with Crippen molar-refractivity contribution in [2.24, 2.45) is 5.73 Å². The van der Waals surface area contributed by atoms with Gasteiger partial charge < -0.3 is 5.73 Å². The van der Waals surface area contributed by atoms with E-state index in [1.54, 1.807) is 0 Å². The number of aryl methyl sites for hydroxylation is 2. The Kier molecular flexibility index (Phi) is 4.66. The zero-order chi connectivity index (χ0) is 13.8. The van der Waals surface area contributed by atoms with E-state index in [9.17, 15) is 0 Å². The third kappa shape index (κ3) is 3.39. The average molecular weight is 275 g/mol. The monoisotopic (exact) mass is 275 g/mol. The summed E-state index contributed by atoms with van der Waals surface area (Å²) < 4.78 is 2.07. The van der Waals surface area contributed by atoms with Crippen molar-refractivity contribution in [1.82, 2.24) is 9.78 Å². The highest BCUT2D eigenvalue weighted by molar-refractivity contribution is 7.99. The molecule has 0 aliphatic rings. The predicted octanol–water partition coefficient (Wildman–Crippen LogP) is 3.31. The van der Waals surface area contributed by atoms with Gasteiger partial charge in [0.15, 0.2) is 0 Å². The fraction of sp³-hybridized carbons (Fsp3) is 0.400. The second-order valence-corrected chi connectivity index (χ2v) is 5.93. The molecular weight excluding hydrogens is 254 g/mol. The van der Waals surface area contributed by atoms with Crippen molar-refractivity contribution in [3.8, 4) is 0 Å². The van der Waals surface area contributed by atoms with Crippen molar-refractivity contribution in [3.05, 3.63) is 47.3 Å². The maximum Gasteiger partial charge on any atom is 0.0644 e. The van der Waals surface area contributed by atoms with Gasteiger partial charge in [0.2, 0.25) is 0 Å². The minimum absolute atomic E-state index is 0.0514. The van der Waals surface area contributed by atoms with E-state index in [1.165, 1.54) is 16.2 Å². The second kappa shape index (κ2) is 6.26. The highest BCUT2D eigenvalue weighted by Crippen LogP contribution is 2.21. The smallest absolute Gasteiger partial charge is 0.0644 e. The minimum Gasteiger partial charge on any atom is -0.324 e. The highest BCUT2D eigenvalue weighted by Gasteiger charge is 2.14. The van der Waals surface area contributed by atoms with Crippen LogP contribution in [0.3, 0.4) is 0 Å². The third-order valence-electron chi connectivity index (χ3n) is 3.21. The van der Waals surface area contributed by atoms with Crippen LogP contribution in [0.2, 0.25) is 0 Å². The summed E-state index contributed by atoms with van der Waals surface area (Å²) in [6, 6.07) is 10.5. The molecule has 1 aromatic heterocycles. The highest BCUT2D eigenvalue weighted by atomic mass is 32.2. The molecule has 4 heteroatoms. The van der Waals surface area contributed by atoms with Gasteiger partial charge in [0.05, 0.1) is 12.2 Å². The van der Waals surface area contributed by atoms with Gasteiger partial charge in [-0.3, -0.25) is 4.68 Å². The molecule has 2 aromatic rings. The van der Waals surface area contributed by atoms with Crippen LogP contribution < -0.4 is 5.73 Å². The van der Waals surface area contributed by atoms with E-state index in [-0.39, 0.29) is 6.04 Å². The van der Waals surface area contributed by atoms with E-state index >= 15 is 0 Å². The van der Waals surface area contributed by atoms with Gasteiger partial charge >= 0.3 is 0 Å². The van der Waals surface area contributed by atoms with Crippen molar-refractivity contribution in [2.75, 3.05) is 5.75 Å². The average Bonchev–Trinajstić information content (AvgIpc) is 2.66. The molecular formula is C15H21N3S. The maximum atomic E-state index is 5.99. The first kappa shape index (κ1) is 14.2. The molecule has 0 fully saturated rings. The van der Waals surface area contributed by atoms with Gasteiger partial charge in [0, 0.05) is 27.9 Å². The number of hydrogen-bond donors (Lipinski definition) is 1. The number of benzene rings is 1. The molecule has 0 spiro atoms. The molecule has 1 atom stereocenters. The van der Waals surface area contributed by atoms with Crippen LogP contribution in [0.5, 0.6) is 0 Å². The van der Waals surface area contributed by atoms with Crippen LogP contribution in [-0.4, -0.2) is 15.5 Å². The number of rotatable bonds is 5. The molecule has 3 nitrogen and oxygen atoms in total. The number of thioether (sulfide) groups is 1. The maximum absolute atomic E-state index is 5.99. The first-order valence-electron chi connectivity index (χ1n) is 6.57. The molecule has 0 amide bonds. The van der Waals surface area contributed by atoms with E-state index in [0.717, 1.165) is 18.0 Å². The van der Waals surface area contributed by atoms with Crippen LogP contribution in [-0.2, 0) is 6.54 Å². The zero-order valence-electron chi connectivity index (χ0n) is 11.8. The summed E-state index contributed by atoms with van der Waals surface area (Å²) in [5, 5.41) is 4.59. The quantitative estimate of drug-likeness (QED) is 0.851. The van der Waals surface area contributed by atoms with Crippen molar-refractivity contribution < 1.29 is 0 Å². The van der Waals surface area contributed by atoms with E-state index in [2.05, 4.69) is 41.0 Å². The Hall–Kier alpha value is -1.26. The van der Waals surface area contributed by atoms with Gasteiger partial charge in [-0.1, -0.05) is 18.2 Å². The van der Waals surface area contributed by atoms with Crippen LogP contribution >= 0.6 is 11.8 Å². The Morgan fingerprint density at radius 2 is 1.95 bits per heavy atom. The second-order valence-electron chi connectivity index (χ2n) is 4.76. The Labute approximate surface area is 119 Å². The van der Waals surface area contributed by atoms with Gasteiger partial charge in [-0.05, 0) is 32.9 Å². The lowest BCUT2D eigenvalue weighted by atomic mass is 10.1. The normalized spacial score (nSPS) is 12.6. The first-order valence-corrected chi connectivity index (χ1v) is 7.55. The summed E-state index contributed by atoms with van der Waals surface area (Å²) in [7, 11) is 0. The lowest BCUT2D eigenvalue weighted by Gasteiger charge is -2.07. The lowest BCUT2D eigenvalue weighted by molar-refractivity contribution is 0.638. The molecule has 19 heavy (non-hydrogen) atoms. The third-order valence-corrected chi connectivity index (χ3v) is 4.20. The first-order chi connectivity index (χ1) is 9.09. The van der Waals surface area contributed by atoms with Crippen LogP contribution in [0.25, 0.3) is 0 Å². The van der Waals surface area contributed by atoms with Gasteiger partial charge in [0.25, 0.3) is 0 Å². The SMILES string of the molecule is Cc1nn(CCSc2ccccc2)c(C)c1C(C)N. The standard InChI is InChI=1S/C15H21N3S/c1-11(16)15-12(2)17-18(13(15)3)9-10-19-14-7-5-4-6-8-14/h4-8,11H,9-10,16H2,1-3H3. The Balaban J connectivity index is 1.99. The molecule has 1 unspecified atom stereocenters. The molecule has 0 saturated carbocycles. The van der Waals surface area contributed by atoms with Crippen LogP contribution in [0.4, 0.5) is 0 Å². The molecule has 1 heterocycles. The summed E-state index contributed by atoms with van der Waals surface area (Å²) in [6.07, 6.45) is 0. The van der Waals surface area contributed by atoms with Crippen LogP contribution in [0, 0.1) is 13.8 Å². The minimum atomic E-state index is 0.0514. The van der Waals surface area contributed by atoms with Crippen molar-refractivity contribution in [3.63, 3.8) is 0 Å². The van der Waals surface area contributed by atoms with E-state index in [4.69, 9.17) is 5.73 Å². The Morgan fingerprint density at radius 3 is 2.53 bits per heavy atom. The summed E-state index contributed by atoms with van der Waals surface area (Å²) >= 11 is 1.86. The van der Waals surface area contributed by atoms with E-state index in [1.807, 2.05) is 31.7 Å². The molecule has 0 radical (unpaired) electrons. The van der Waals surface area contributed by atoms with E-state index < -0.39 is 0 Å². The summed E-state index contributed by atoms with van der Waals surface area (Å²) in [5.41, 5.74) is 9.42. The van der Waals surface area contributed by atoms with Gasteiger partial charge in [-0.15, -0.1) is 11.8 Å². The van der Waals surface area contributed by atoms with Crippen molar-refractivity contribution >= 4 is 11.8 Å². The van der Waals surface area contributed by atoms with E-state index in [0.29, 0.717) is 0 Å². The molecule has 0 aliphatic heterocycles. The molecule has 2 N–H and O–H groups in total. The Bertz CT molecular complexity index is 532. The van der Waals surface area contributed by atoms with Crippen molar-refractivity contribution in [2.45, 2.75) is 38.3 Å². The predicted molar refractivity (Wildman–Crippen MR) is 81.5 cm³/mol.